The molecular formula is C17H23N3O. The van der Waals surface area contributed by atoms with Gasteiger partial charge in [0.05, 0.1) is 18.5 Å². The molecule has 4 nitrogen and oxygen atoms in total. The maximum Gasteiger partial charge on any atom is 0.227 e. The van der Waals surface area contributed by atoms with Crippen LogP contribution in [0.15, 0.2) is 24.3 Å². The quantitative estimate of drug-likeness (QED) is 0.850. The molecule has 0 aliphatic carbocycles. The highest BCUT2D eigenvalue weighted by Crippen LogP contribution is 2.12. The van der Waals surface area contributed by atoms with E-state index in [0.717, 1.165) is 38.2 Å². The van der Waals surface area contributed by atoms with E-state index in [1.165, 1.54) is 5.56 Å². The minimum Gasteiger partial charge on any atom is -0.340 e. The van der Waals surface area contributed by atoms with Crippen molar-refractivity contribution >= 4 is 5.91 Å². The van der Waals surface area contributed by atoms with E-state index >= 15 is 0 Å². The fraction of sp³-hybridized carbons (Fsp3) is 0.529. The van der Waals surface area contributed by atoms with Crippen LogP contribution >= 0.6 is 0 Å². The topological polar surface area (TPSA) is 47.3 Å². The van der Waals surface area contributed by atoms with E-state index in [-0.39, 0.29) is 11.9 Å². The minimum atomic E-state index is -0.0152. The van der Waals surface area contributed by atoms with E-state index < -0.39 is 0 Å². The Kier molecular flexibility index (Phi) is 5.35. The number of hydrogen-bond donors (Lipinski definition) is 0. The molecular weight excluding hydrogens is 262 g/mol. The number of carbonyl (C=O) groups excluding carboxylic acids is 1. The Bertz CT molecular complexity index is 527. The minimum absolute atomic E-state index is 0.0152. The van der Waals surface area contributed by atoms with Crippen LogP contribution in [-0.2, 0) is 11.2 Å². The predicted octanol–water partition coefficient (Wildman–Crippen LogP) is 1.98. The first-order valence-corrected chi connectivity index (χ1v) is 7.61. The molecule has 1 heterocycles. The Morgan fingerprint density at radius 1 is 1.29 bits per heavy atom. The number of amides is 1. The van der Waals surface area contributed by atoms with Crippen LogP contribution in [0.2, 0.25) is 0 Å². The molecule has 112 valence electrons. The third-order valence-corrected chi connectivity index (χ3v) is 4.25. The van der Waals surface area contributed by atoms with Gasteiger partial charge in [0.25, 0.3) is 0 Å². The predicted molar refractivity (Wildman–Crippen MR) is 82.7 cm³/mol. The van der Waals surface area contributed by atoms with Gasteiger partial charge in [0.2, 0.25) is 5.91 Å². The van der Waals surface area contributed by atoms with Crippen molar-refractivity contribution in [1.29, 1.82) is 5.26 Å². The Hall–Kier alpha value is -1.86. The van der Waals surface area contributed by atoms with E-state index in [0.29, 0.717) is 6.42 Å². The summed E-state index contributed by atoms with van der Waals surface area (Å²) in [6.45, 7) is 7.12. The monoisotopic (exact) mass is 285 g/mol. The summed E-state index contributed by atoms with van der Waals surface area (Å²) < 4.78 is 0. The van der Waals surface area contributed by atoms with Gasteiger partial charge in [0.15, 0.2) is 0 Å². The Morgan fingerprint density at radius 3 is 2.52 bits per heavy atom. The summed E-state index contributed by atoms with van der Waals surface area (Å²) >= 11 is 0. The van der Waals surface area contributed by atoms with Gasteiger partial charge in [-0.1, -0.05) is 31.2 Å². The van der Waals surface area contributed by atoms with Crippen molar-refractivity contribution in [3.05, 3.63) is 35.4 Å². The van der Waals surface area contributed by atoms with Gasteiger partial charge in [-0.3, -0.25) is 9.69 Å². The standard InChI is InChI=1S/C17H23N3O/c1-3-16(13-18)19-8-10-20(11-9-19)17(21)12-15-7-5-4-6-14(15)2/h4-7,16H,3,8-12H2,1-2H3. The van der Waals surface area contributed by atoms with Crippen LogP contribution in [0, 0.1) is 18.3 Å². The highest BCUT2D eigenvalue weighted by atomic mass is 16.2. The van der Waals surface area contributed by atoms with Gasteiger partial charge < -0.3 is 4.90 Å². The lowest BCUT2D eigenvalue weighted by molar-refractivity contribution is -0.132. The molecule has 1 unspecified atom stereocenters. The van der Waals surface area contributed by atoms with Gasteiger partial charge >= 0.3 is 0 Å². The van der Waals surface area contributed by atoms with Crippen LogP contribution in [0.25, 0.3) is 0 Å². The number of hydrogen-bond acceptors (Lipinski definition) is 3. The van der Waals surface area contributed by atoms with Crippen molar-refractivity contribution in [2.75, 3.05) is 26.2 Å². The van der Waals surface area contributed by atoms with Crippen LogP contribution < -0.4 is 0 Å². The van der Waals surface area contributed by atoms with E-state index in [1.54, 1.807) is 0 Å². The zero-order valence-corrected chi connectivity index (χ0v) is 12.9. The number of aryl methyl sites for hydroxylation is 1. The Morgan fingerprint density at radius 2 is 1.95 bits per heavy atom. The summed E-state index contributed by atoms with van der Waals surface area (Å²) in [5.74, 6) is 0.189. The molecule has 1 aromatic rings. The van der Waals surface area contributed by atoms with Crippen LogP contribution in [0.3, 0.4) is 0 Å². The molecule has 4 heteroatoms. The van der Waals surface area contributed by atoms with Crippen molar-refractivity contribution < 1.29 is 4.79 Å². The normalized spacial score (nSPS) is 17.3. The molecule has 0 aromatic heterocycles. The molecule has 1 aromatic carbocycles. The fourth-order valence-electron chi connectivity index (χ4n) is 2.80. The number of rotatable bonds is 4. The summed E-state index contributed by atoms with van der Waals surface area (Å²) in [6, 6.07) is 10.4. The number of piperazine rings is 1. The Balaban J connectivity index is 1.89. The van der Waals surface area contributed by atoms with Crippen LogP contribution in [0.5, 0.6) is 0 Å². The molecule has 21 heavy (non-hydrogen) atoms. The molecule has 0 bridgehead atoms. The van der Waals surface area contributed by atoms with Gasteiger partial charge in [0, 0.05) is 26.2 Å². The van der Waals surface area contributed by atoms with E-state index in [2.05, 4.69) is 11.0 Å². The molecule has 1 amide bonds. The van der Waals surface area contributed by atoms with Crippen molar-refractivity contribution in [3.8, 4) is 6.07 Å². The van der Waals surface area contributed by atoms with E-state index in [4.69, 9.17) is 5.26 Å². The van der Waals surface area contributed by atoms with Crippen LogP contribution in [-0.4, -0.2) is 47.9 Å². The fourth-order valence-corrected chi connectivity index (χ4v) is 2.80. The molecule has 2 rings (SSSR count). The molecule has 0 N–H and O–H groups in total. The zero-order valence-electron chi connectivity index (χ0n) is 12.9. The maximum atomic E-state index is 12.4. The molecule has 1 aliphatic heterocycles. The zero-order chi connectivity index (χ0) is 15.2. The van der Waals surface area contributed by atoms with E-state index in [9.17, 15) is 4.79 Å². The first-order chi connectivity index (χ1) is 10.2. The maximum absolute atomic E-state index is 12.4. The van der Waals surface area contributed by atoms with Crippen molar-refractivity contribution in [1.82, 2.24) is 9.80 Å². The highest BCUT2D eigenvalue weighted by molar-refractivity contribution is 5.79. The van der Waals surface area contributed by atoms with Gasteiger partial charge in [-0.15, -0.1) is 0 Å². The van der Waals surface area contributed by atoms with Crippen LogP contribution in [0.1, 0.15) is 24.5 Å². The van der Waals surface area contributed by atoms with E-state index in [1.807, 2.05) is 43.0 Å². The summed E-state index contributed by atoms with van der Waals surface area (Å²) in [7, 11) is 0. The lowest BCUT2D eigenvalue weighted by atomic mass is 10.0. The van der Waals surface area contributed by atoms with Gasteiger partial charge in [0.1, 0.15) is 0 Å². The van der Waals surface area contributed by atoms with Crippen molar-refractivity contribution in [2.24, 2.45) is 0 Å². The first kappa shape index (κ1) is 15.5. The largest absolute Gasteiger partial charge is 0.340 e. The van der Waals surface area contributed by atoms with Crippen molar-refractivity contribution in [3.63, 3.8) is 0 Å². The Labute approximate surface area is 127 Å². The molecule has 0 saturated carbocycles. The smallest absolute Gasteiger partial charge is 0.227 e. The second-order valence-electron chi connectivity index (χ2n) is 5.57. The highest BCUT2D eigenvalue weighted by Gasteiger charge is 2.25. The molecule has 1 fully saturated rings. The second kappa shape index (κ2) is 7.24. The molecule has 1 atom stereocenters. The SMILES string of the molecule is CCC(C#N)N1CCN(C(=O)Cc2ccccc2C)CC1. The summed E-state index contributed by atoms with van der Waals surface area (Å²) in [6.07, 6.45) is 1.32. The summed E-state index contributed by atoms with van der Waals surface area (Å²) in [5, 5.41) is 9.11. The lowest BCUT2D eigenvalue weighted by Crippen LogP contribution is -2.51. The average molecular weight is 285 g/mol. The second-order valence-corrected chi connectivity index (χ2v) is 5.57. The van der Waals surface area contributed by atoms with Crippen LogP contribution in [0.4, 0.5) is 0 Å². The number of nitriles is 1. The third kappa shape index (κ3) is 3.83. The number of carbonyl (C=O) groups is 1. The molecule has 1 saturated heterocycles. The summed E-state index contributed by atoms with van der Waals surface area (Å²) in [4.78, 5) is 16.5. The van der Waals surface area contributed by atoms with Gasteiger partial charge in [-0.05, 0) is 24.5 Å². The molecule has 0 spiro atoms. The first-order valence-electron chi connectivity index (χ1n) is 7.61. The van der Waals surface area contributed by atoms with Gasteiger partial charge in [-0.25, -0.2) is 0 Å². The molecule has 1 aliphatic rings. The third-order valence-electron chi connectivity index (χ3n) is 4.25. The number of nitrogens with zero attached hydrogens (tertiary/aromatic N) is 3. The summed E-state index contributed by atoms with van der Waals surface area (Å²) in [5.41, 5.74) is 2.27. The van der Waals surface area contributed by atoms with Gasteiger partial charge in [-0.2, -0.15) is 5.26 Å². The van der Waals surface area contributed by atoms with Crippen molar-refractivity contribution in [2.45, 2.75) is 32.7 Å². The average Bonchev–Trinajstić information content (AvgIpc) is 2.51. The molecule has 0 radical (unpaired) electrons. The lowest BCUT2D eigenvalue weighted by Gasteiger charge is -2.36. The number of benzene rings is 1.